The molecule has 1 aliphatic rings. The van der Waals surface area contributed by atoms with E-state index in [0.717, 1.165) is 36.6 Å². The molecule has 0 radical (unpaired) electrons. The van der Waals surface area contributed by atoms with E-state index in [1.807, 2.05) is 24.4 Å². The maximum absolute atomic E-state index is 4.67. The van der Waals surface area contributed by atoms with Gasteiger partial charge >= 0.3 is 0 Å². The van der Waals surface area contributed by atoms with Gasteiger partial charge in [-0.05, 0) is 18.6 Å². The standard InChI is InChI=1S/C14H16N4/c1-2-11-10-9-17-14(13-5-3-4-7-15-13)18-12(10)6-8-16-11/h3-5,7,9,11,16H,2,6,8H2,1H3. The Morgan fingerprint density at radius 3 is 3.06 bits per heavy atom. The molecule has 3 heterocycles. The molecule has 0 saturated heterocycles. The van der Waals surface area contributed by atoms with E-state index in [1.54, 1.807) is 6.20 Å². The average Bonchev–Trinajstić information content (AvgIpc) is 2.47. The second-order valence-corrected chi connectivity index (χ2v) is 4.48. The van der Waals surface area contributed by atoms with Gasteiger partial charge in [-0.1, -0.05) is 13.0 Å². The van der Waals surface area contributed by atoms with Crippen LogP contribution in [0.5, 0.6) is 0 Å². The number of aromatic nitrogens is 3. The Morgan fingerprint density at radius 1 is 1.33 bits per heavy atom. The van der Waals surface area contributed by atoms with Crippen molar-refractivity contribution in [1.29, 1.82) is 0 Å². The number of nitrogens with zero attached hydrogens (tertiary/aromatic N) is 3. The number of rotatable bonds is 2. The number of hydrogen-bond donors (Lipinski definition) is 1. The van der Waals surface area contributed by atoms with E-state index in [1.165, 1.54) is 5.56 Å². The molecule has 2 aromatic rings. The first-order valence-corrected chi connectivity index (χ1v) is 6.39. The number of pyridine rings is 1. The maximum Gasteiger partial charge on any atom is 0.178 e. The molecule has 0 bridgehead atoms. The molecule has 1 atom stereocenters. The van der Waals surface area contributed by atoms with Crippen molar-refractivity contribution in [3.05, 3.63) is 41.9 Å². The van der Waals surface area contributed by atoms with Crippen molar-refractivity contribution in [2.24, 2.45) is 0 Å². The fourth-order valence-corrected chi connectivity index (χ4v) is 2.38. The zero-order valence-corrected chi connectivity index (χ0v) is 10.4. The molecule has 0 fully saturated rings. The van der Waals surface area contributed by atoms with E-state index < -0.39 is 0 Å². The summed E-state index contributed by atoms with van der Waals surface area (Å²) < 4.78 is 0. The third-order valence-electron chi connectivity index (χ3n) is 3.33. The van der Waals surface area contributed by atoms with E-state index in [2.05, 4.69) is 27.2 Å². The van der Waals surface area contributed by atoms with Crippen LogP contribution in [0.1, 0.15) is 30.6 Å². The van der Waals surface area contributed by atoms with Gasteiger partial charge in [-0.3, -0.25) is 4.98 Å². The molecule has 1 N–H and O–H groups in total. The Balaban J connectivity index is 2.01. The summed E-state index contributed by atoms with van der Waals surface area (Å²) in [7, 11) is 0. The van der Waals surface area contributed by atoms with Crippen LogP contribution in [0.3, 0.4) is 0 Å². The Labute approximate surface area is 107 Å². The highest BCUT2D eigenvalue weighted by Gasteiger charge is 2.20. The third-order valence-corrected chi connectivity index (χ3v) is 3.33. The monoisotopic (exact) mass is 240 g/mol. The lowest BCUT2D eigenvalue weighted by molar-refractivity contribution is 0.484. The highest BCUT2D eigenvalue weighted by Crippen LogP contribution is 2.24. The highest BCUT2D eigenvalue weighted by molar-refractivity contribution is 5.49. The summed E-state index contributed by atoms with van der Waals surface area (Å²) in [6.45, 7) is 3.17. The summed E-state index contributed by atoms with van der Waals surface area (Å²) in [6, 6.07) is 6.20. The fraction of sp³-hybridized carbons (Fsp3) is 0.357. The van der Waals surface area contributed by atoms with Gasteiger partial charge in [-0.2, -0.15) is 0 Å². The van der Waals surface area contributed by atoms with Gasteiger partial charge in [0, 0.05) is 37.0 Å². The van der Waals surface area contributed by atoms with Gasteiger partial charge in [0.15, 0.2) is 5.82 Å². The molecule has 3 rings (SSSR count). The Hall–Kier alpha value is -1.81. The summed E-state index contributed by atoms with van der Waals surface area (Å²) in [5, 5.41) is 3.49. The van der Waals surface area contributed by atoms with E-state index in [0.29, 0.717) is 6.04 Å². The lowest BCUT2D eigenvalue weighted by atomic mass is 9.99. The van der Waals surface area contributed by atoms with Crippen molar-refractivity contribution in [2.75, 3.05) is 6.54 Å². The molecular formula is C14H16N4. The highest BCUT2D eigenvalue weighted by atomic mass is 15.0. The lowest BCUT2D eigenvalue weighted by Gasteiger charge is -2.24. The first-order valence-electron chi connectivity index (χ1n) is 6.39. The summed E-state index contributed by atoms with van der Waals surface area (Å²) in [5.41, 5.74) is 3.24. The van der Waals surface area contributed by atoms with Gasteiger partial charge in [0.25, 0.3) is 0 Å². The molecule has 2 aromatic heterocycles. The number of fused-ring (bicyclic) bond motifs is 1. The van der Waals surface area contributed by atoms with E-state index in [-0.39, 0.29) is 0 Å². The minimum Gasteiger partial charge on any atom is -0.309 e. The van der Waals surface area contributed by atoms with Crippen LogP contribution in [0.2, 0.25) is 0 Å². The van der Waals surface area contributed by atoms with Crippen LogP contribution in [0.25, 0.3) is 11.5 Å². The average molecular weight is 240 g/mol. The molecular weight excluding hydrogens is 224 g/mol. The largest absolute Gasteiger partial charge is 0.309 e. The van der Waals surface area contributed by atoms with Gasteiger partial charge in [0.1, 0.15) is 5.69 Å². The normalized spacial score (nSPS) is 18.4. The number of hydrogen-bond acceptors (Lipinski definition) is 4. The van der Waals surface area contributed by atoms with Gasteiger partial charge in [0.2, 0.25) is 0 Å². The maximum atomic E-state index is 4.67. The van der Waals surface area contributed by atoms with Gasteiger partial charge in [-0.25, -0.2) is 9.97 Å². The molecule has 0 amide bonds. The predicted molar refractivity (Wildman–Crippen MR) is 70.0 cm³/mol. The van der Waals surface area contributed by atoms with E-state index >= 15 is 0 Å². The zero-order chi connectivity index (χ0) is 12.4. The van der Waals surface area contributed by atoms with Crippen LogP contribution in [0, 0.1) is 0 Å². The van der Waals surface area contributed by atoms with Crippen molar-refractivity contribution >= 4 is 0 Å². The molecule has 92 valence electrons. The quantitative estimate of drug-likeness (QED) is 0.873. The SMILES string of the molecule is CCC1NCCc2nc(-c3ccccn3)ncc21. The lowest BCUT2D eigenvalue weighted by Crippen LogP contribution is -2.30. The van der Waals surface area contributed by atoms with Crippen molar-refractivity contribution < 1.29 is 0 Å². The second kappa shape index (κ2) is 4.82. The first kappa shape index (κ1) is 11.3. The third kappa shape index (κ3) is 1.99. The van der Waals surface area contributed by atoms with Gasteiger partial charge in [0.05, 0.1) is 5.69 Å². The van der Waals surface area contributed by atoms with Crippen LogP contribution in [0.15, 0.2) is 30.6 Å². The fourth-order valence-electron chi connectivity index (χ4n) is 2.38. The predicted octanol–water partition coefficient (Wildman–Crippen LogP) is 2.14. The molecule has 0 aromatic carbocycles. The minimum absolute atomic E-state index is 0.395. The topological polar surface area (TPSA) is 50.7 Å². The second-order valence-electron chi connectivity index (χ2n) is 4.48. The van der Waals surface area contributed by atoms with Crippen LogP contribution in [-0.4, -0.2) is 21.5 Å². The van der Waals surface area contributed by atoms with Gasteiger partial charge < -0.3 is 5.32 Å². The number of nitrogens with one attached hydrogen (secondary N) is 1. The van der Waals surface area contributed by atoms with E-state index in [9.17, 15) is 0 Å². The van der Waals surface area contributed by atoms with E-state index in [4.69, 9.17) is 0 Å². The summed E-state index contributed by atoms with van der Waals surface area (Å²) in [4.78, 5) is 13.4. The van der Waals surface area contributed by atoms with Crippen LogP contribution in [-0.2, 0) is 6.42 Å². The molecule has 0 aliphatic carbocycles. The molecule has 0 saturated carbocycles. The minimum atomic E-state index is 0.395. The molecule has 1 unspecified atom stereocenters. The molecule has 18 heavy (non-hydrogen) atoms. The first-order chi connectivity index (χ1) is 8.88. The molecule has 1 aliphatic heterocycles. The summed E-state index contributed by atoms with van der Waals surface area (Å²) >= 11 is 0. The van der Waals surface area contributed by atoms with Gasteiger partial charge in [-0.15, -0.1) is 0 Å². The Bertz CT molecular complexity index is 539. The molecule has 4 nitrogen and oxygen atoms in total. The summed E-state index contributed by atoms with van der Waals surface area (Å²) in [6.07, 6.45) is 5.76. The van der Waals surface area contributed by atoms with Crippen molar-refractivity contribution in [2.45, 2.75) is 25.8 Å². The zero-order valence-electron chi connectivity index (χ0n) is 10.4. The Kier molecular flexibility index (Phi) is 3.02. The molecule has 0 spiro atoms. The van der Waals surface area contributed by atoms with Crippen molar-refractivity contribution in [3.8, 4) is 11.5 Å². The Morgan fingerprint density at radius 2 is 2.28 bits per heavy atom. The molecule has 4 heteroatoms. The van der Waals surface area contributed by atoms with Crippen molar-refractivity contribution in [3.63, 3.8) is 0 Å². The van der Waals surface area contributed by atoms with Crippen LogP contribution < -0.4 is 5.32 Å². The van der Waals surface area contributed by atoms with Crippen molar-refractivity contribution in [1.82, 2.24) is 20.3 Å². The summed E-state index contributed by atoms with van der Waals surface area (Å²) in [5.74, 6) is 0.728. The van der Waals surface area contributed by atoms with Crippen LogP contribution in [0.4, 0.5) is 0 Å². The van der Waals surface area contributed by atoms with Crippen LogP contribution >= 0.6 is 0 Å². The smallest absolute Gasteiger partial charge is 0.178 e.